The number of aromatic nitrogens is 4. The van der Waals surface area contributed by atoms with E-state index in [0.29, 0.717) is 23.6 Å². The van der Waals surface area contributed by atoms with Gasteiger partial charge in [-0.15, -0.1) is 11.8 Å². The number of hydrogen-bond acceptors (Lipinski definition) is 6. The van der Waals surface area contributed by atoms with E-state index in [9.17, 15) is 0 Å². The van der Waals surface area contributed by atoms with Crippen LogP contribution >= 0.6 is 11.8 Å². The fourth-order valence-corrected chi connectivity index (χ4v) is 2.58. The highest BCUT2D eigenvalue weighted by Crippen LogP contribution is 2.21. The lowest BCUT2D eigenvalue weighted by Crippen LogP contribution is -2.01. The molecule has 104 valence electrons. The van der Waals surface area contributed by atoms with Crippen LogP contribution in [0.4, 0.5) is 0 Å². The first-order chi connectivity index (χ1) is 10.4. The Balaban J connectivity index is 1.57. The molecule has 0 bridgehead atoms. The van der Waals surface area contributed by atoms with Gasteiger partial charge >= 0.3 is 0 Å². The number of benzene rings is 1. The molecule has 1 N–H and O–H groups in total. The average Bonchev–Trinajstić information content (AvgIpc) is 3.01. The second-order valence-electron chi connectivity index (χ2n) is 4.12. The van der Waals surface area contributed by atoms with Crippen LogP contribution in [0.5, 0.6) is 5.75 Å². The predicted molar refractivity (Wildman–Crippen MR) is 79.1 cm³/mol. The first-order valence-electron chi connectivity index (χ1n) is 6.26. The number of nitrogens with one attached hydrogen (secondary N) is 1. The molecular formula is C14H11N5OS. The molecule has 3 rings (SSSR count). The standard InChI is InChI=1S/C14H11N5OS/c15-7-10-2-1-3-11(6-10)20-4-5-21-14-12-13(17-8-16-12)18-9-19-14/h1-3,6,8-9H,4-5H2,(H,16,17,18,19). The summed E-state index contributed by atoms with van der Waals surface area (Å²) in [7, 11) is 0. The first kappa shape index (κ1) is 13.4. The van der Waals surface area contributed by atoms with Gasteiger partial charge in [-0.05, 0) is 18.2 Å². The lowest BCUT2D eigenvalue weighted by Gasteiger charge is -2.06. The van der Waals surface area contributed by atoms with Crippen LogP contribution in [0, 0.1) is 11.3 Å². The third-order valence-electron chi connectivity index (χ3n) is 2.74. The number of imidazole rings is 1. The molecule has 0 aliphatic rings. The van der Waals surface area contributed by atoms with Gasteiger partial charge in [0.05, 0.1) is 24.6 Å². The van der Waals surface area contributed by atoms with Gasteiger partial charge in [0, 0.05) is 5.75 Å². The van der Waals surface area contributed by atoms with Gasteiger partial charge in [-0.25, -0.2) is 15.0 Å². The zero-order chi connectivity index (χ0) is 14.5. The Morgan fingerprint density at radius 3 is 3.14 bits per heavy atom. The van der Waals surface area contributed by atoms with Crippen molar-refractivity contribution >= 4 is 22.9 Å². The second kappa shape index (κ2) is 6.24. The maximum Gasteiger partial charge on any atom is 0.181 e. The SMILES string of the molecule is N#Cc1cccc(OCCSc2ncnc3nc[nH]c23)c1. The summed E-state index contributed by atoms with van der Waals surface area (Å²) in [6.07, 6.45) is 3.11. The summed E-state index contributed by atoms with van der Waals surface area (Å²) in [6.45, 7) is 0.527. The highest BCUT2D eigenvalue weighted by atomic mass is 32.2. The van der Waals surface area contributed by atoms with E-state index in [2.05, 4.69) is 26.0 Å². The summed E-state index contributed by atoms with van der Waals surface area (Å²) in [5.41, 5.74) is 2.10. The topological polar surface area (TPSA) is 87.5 Å². The van der Waals surface area contributed by atoms with Gasteiger partial charge in [0.15, 0.2) is 5.65 Å². The molecule has 2 aromatic heterocycles. The largest absolute Gasteiger partial charge is 0.493 e. The normalized spacial score (nSPS) is 10.4. The molecule has 0 spiro atoms. The van der Waals surface area contributed by atoms with Gasteiger partial charge in [0.2, 0.25) is 0 Å². The van der Waals surface area contributed by atoms with Crippen molar-refractivity contribution in [2.45, 2.75) is 5.03 Å². The van der Waals surface area contributed by atoms with E-state index >= 15 is 0 Å². The molecule has 0 atom stereocenters. The van der Waals surface area contributed by atoms with Gasteiger partial charge < -0.3 is 9.72 Å². The van der Waals surface area contributed by atoms with Crippen LogP contribution in [0.1, 0.15) is 5.56 Å². The van der Waals surface area contributed by atoms with Crippen molar-refractivity contribution in [1.29, 1.82) is 5.26 Å². The van der Waals surface area contributed by atoms with Crippen LogP contribution in [-0.4, -0.2) is 32.3 Å². The van der Waals surface area contributed by atoms with Crippen molar-refractivity contribution in [3.63, 3.8) is 0 Å². The van der Waals surface area contributed by atoms with Gasteiger partial charge in [0.25, 0.3) is 0 Å². The Labute approximate surface area is 125 Å². The van der Waals surface area contributed by atoms with E-state index in [-0.39, 0.29) is 0 Å². The zero-order valence-electron chi connectivity index (χ0n) is 11.0. The maximum absolute atomic E-state index is 8.83. The summed E-state index contributed by atoms with van der Waals surface area (Å²) >= 11 is 1.57. The van der Waals surface area contributed by atoms with E-state index in [4.69, 9.17) is 10.00 Å². The molecule has 2 heterocycles. The Morgan fingerprint density at radius 1 is 1.29 bits per heavy atom. The smallest absolute Gasteiger partial charge is 0.181 e. The molecule has 0 unspecified atom stereocenters. The van der Waals surface area contributed by atoms with Gasteiger partial charge in [-0.3, -0.25) is 0 Å². The van der Waals surface area contributed by atoms with Crippen molar-refractivity contribution < 1.29 is 4.74 Å². The first-order valence-corrected chi connectivity index (χ1v) is 7.25. The highest BCUT2D eigenvalue weighted by molar-refractivity contribution is 7.99. The monoisotopic (exact) mass is 297 g/mol. The van der Waals surface area contributed by atoms with E-state index in [1.54, 1.807) is 36.3 Å². The number of H-pyrrole nitrogens is 1. The summed E-state index contributed by atoms with van der Waals surface area (Å²) in [5.74, 6) is 1.44. The number of rotatable bonds is 5. The van der Waals surface area contributed by atoms with Crippen LogP contribution in [0.2, 0.25) is 0 Å². The molecule has 0 radical (unpaired) electrons. The quantitative estimate of drug-likeness (QED) is 0.442. The average molecular weight is 297 g/mol. The summed E-state index contributed by atoms with van der Waals surface area (Å²) < 4.78 is 5.62. The zero-order valence-corrected chi connectivity index (χ0v) is 11.8. The fourth-order valence-electron chi connectivity index (χ4n) is 1.81. The second-order valence-corrected chi connectivity index (χ2v) is 5.20. The number of fused-ring (bicyclic) bond motifs is 1. The van der Waals surface area contributed by atoms with Crippen LogP contribution in [0.15, 0.2) is 41.9 Å². The summed E-state index contributed by atoms with van der Waals surface area (Å²) in [4.78, 5) is 15.4. The fraction of sp³-hybridized carbons (Fsp3) is 0.143. The lowest BCUT2D eigenvalue weighted by molar-refractivity contribution is 0.344. The third kappa shape index (κ3) is 3.12. The summed E-state index contributed by atoms with van der Waals surface area (Å²) in [6, 6.07) is 9.20. The van der Waals surface area contributed by atoms with E-state index in [1.807, 2.05) is 6.07 Å². The number of ether oxygens (including phenoxy) is 1. The molecule has 0 saturated carbocycles. The molecule has 0 fully saturated rings. The summed E-state index contributed by atoms with van der Waals surface area (Å²) in [5, 5.41) is 9.68. The minimum atomic E-state index is 0.527. The van der Waals surface area contributed by atoms with Crippen molar-refractivity contribution in [2.24, 2.45) is 0 Å². The van der Waals surface area contributed by atoms with Crippen LogP contribution < -0.4 is 4.74 Å². The number of thioether (sulfide) groups is 1. The third-order valence-corrected chi connectivity index (χ3v) is 3.70. The minimum absolute atomic E-state index is 0.527. The Morgan fingerprint density at radius 2 is 2.24 bits per heavy atom. The Bertz CT molecular complexity index is 795. The molecular weight excluding hydrogens is 286 g/mol. The molecule has 7 heteroatoms. The van der Waals surface area contributed by atoms with Crippen molar-refractivity contribution in [2.75, 3.05) is 12.4 Å². The molecule has 0 aliphatic heterocycles. The maximum atomic E-state index is 8.83. The van der Waals surface area contributed by atoms with E-state index in [0.717, 1.165) is 16.3 Å². The van der Waals surface area contributed by atoms with Crippen LogP contribution in [0.25, 0.3) is 11.2 Å². The number of nitrogens with zero attached hydrogens (tertiary/aromatic N) is 4. The van der Waals surface area contributed by atoms with E-state index in [1.165, 1.54) is 6.33 Å². The number of nitriles is 1. The molecule has 1 aromatic carbocycles. The Kier molecular flexibility index (Phi) is 3.98. The van der Waals surface area contributed by atoms with Crippen molar-refractivity contribution in [1.82, 2.24) is 19.9 Å². The van der Waals surface area contributed by atoms with Gasteiger partial charge in [-0.1, -0.05) is 6.07 Å². The van der Waals surface area contributed by atoms with Gasteiger partial charge in [0.1, 0.15) is 22.6 Å². The van der Waals surface area contributed by atoms with Gasteiger partial charge in [-0.2, -0.15) is 5.26 Å². The Hall–Kier alpha value is -2.59. The predicted octanol–water partition coefficient (Wildman–Crippen LogP) is 2.40. The van der Waals surface area contributed by atoms with Crippen LogP contribution in [-0.2, 0) is 0 Å². The van der Waals surface area contributed by atoms with Crippen LogP contribution in [0.3, 0.4) is 0 Å². The molecule has 6 nitrogen and oxygen atoms in total. The minimum Gasteiger partial charge on any atom is -0.493 e. The molecule has 3 aromatic rings. The molecule has 0 aliphatic carbocycles. The van der Waals surface area contributed by atoms with E-state index < -0.39 is 0 Å². The highest BCUT2D eigenvalue weighted by Gasteiger charge is 2.06. The molecule has 0 saturated heterocycles. The number of hydrogen-bond donors (Lipinski definition) is 1. The lowest BCUT2D eigenvalue weighted by atomic mass is 10.2. The van der Waals surface area contributed by atoms with Crippen molar-refractivity contribution in [3.8, 4) is 11.8 Å². The van der Waals surface area contributed by atoms with Crippen molar-refractivity contribution in [3.05, 3.63) is 42.5 Å². The molecule has 0 amide bonds. The number of aromatic amines is 1. The molecule has 21 heavy (non-hydrogen) atoms.